The van der Waals surface area contributed by atoms with Gasteiger partial charge in [-0.25, -0.2) is 19.9 Å². The average Bonchev–Trinajstić information content (AvgIpc) is 4.17. The molecule has 8 aromatic carbocycles. The molecule has 12 heteroatoms. The van der Waals surface area contributed by atoms with Gasteiger partial charge in [0.25, 0.3) is 0 Å². The molecule has 0 saturated heterocycles. The van der Waals surface area contributed by atoms with Gasteiger partial charge in [0.15, 0.2) is 0 Å². The van der Waals surface area contributed by atoms with Crippen molar-refractivity contribution in [2.75, 3.05) is 0 Å². The van der Waals surface area contributed by atoms with E-state index in [4.69, 9.17) is 23.2 Å². The normalized spacial score (nSPS) is 10.4. The van der Waals surface area contributed by atoms with E-state index in [1.807, 2.05) is 109 Å². The molecule has 0 bridgehead atoms. The van der Waals surface area contributed by atoms with E-state index in [9.17, 15) is 0 Å². The Hall–Kier alpha value is -4.80. The number of thiazole rings is 4. The summed E-state index contributed by atoms with van der Waals surface area (Å²) in [6, 6.07) is 69.4. The molecular weight excluding hydrogens is 1260 g/mol. The van der Waals surface area contributed by atoms with E-state index in [2.05, 4.69) is 111 Å². The molecule has 0 aliphatic rings. The molecule has 0 aliphatic heterocycles. The minimum Gasteiger partial charge on any atom is -0.236 e. The van der Waals surface area contributed by atoms with Gasteiger partial charge in [-0.3, -0.25) is 0 Å². The Kier molecular flexibility index (Phi) is 16.9. The SMILES string of the molecule is Clc1ccc2sc(-c3ccccc3)nc2c1Cl.[Ir].[Ir].c1ccc(-c2nc3ccccc3s2)cc1.c1ccc(-c2nc3ccccc3s2)cc1.c1ccc(-c2nc3ccccc3s2)cc1. The number of nitrogens with zero attached hydrogens (tertiary/aromatic N) is 4. The molecule has 0 amide bonds. The van der Waals surface area contributed by atoms with Gasteiger partial charge < -0.3 is 0 Å². The predicted octanol–water partition coefficient (Wildman–Crippen LogP) is 17.2. The number of hydrogen-bond donors (Lipinski definition) is 0. The van der Waals surface area contributed by atoms with E-state index < -0.39 is 0 Å². The first kappa shape index (κ1) is 47.2. The van der Waals surface area contributed by atoms with Crippen LogP contribution in [0.2, 0.25) is 10.0 Å². The van der Waals surface area contributed by atoms with Gasteiger partial charge in [0.1, 0.15) is 25.5 Å². The Morgan fingerprint density at radius 3 is 0.891 bits per heavy atom. The maximum Gasteiger partial charge on any atom is 0.124 e. The van der Waals surface area contributed by atoms with Crippen LogP contribution in [-0.2, 0) is 40.2 Å². The van der Waals surface area contributed by atoms with Crippen molar-refractivity contribution >= 4 is 109 Å². The van der Waals surface area contributed by atoms with E-state index in [1.54, 1.807) is 51.4 Å². The van der Waals surface area contributed by atoms with Crippen LogP contribution in [0.5, 0.6) is 0 Å². The smallest absolute Gasteiger partial charge is 0.124 e. The van der Waals surface area contributed by atoms with Crippen LogP contribution >= 0.6 is 68.5 Å². The summed E-state index contributed by atoms with van der Waals surface area (Å²) in [5.41, 5.74) is 8.71. The molecule has 0 unspecified atom stereocenters. The zero-order valence-corrected chi connectivity index (χ0v) is 43.0. The number of rotatable bonds is 4. The molecule has 0 spiro atoms. The van der Waals surface area contributed by atoms with Crippen molar-refractivity contribution in [3.05, 3.63) is 216 Å². The van der Waals surface area contributed by atoms with Crippen molar-refractivity contribution in [3.8, 4) is 42.3 Å². The van der Waals surface area contributed by atoms with Crippen molar-refractivity contribution in [1.82, 2.24) is 19.9 Å². The zero-order valence-electron chi connectivity index (χ0n) is 33.5. The van der Waals surface area contributed by atoms with E-state index >= 15 is 0 Å². The first-order chi connectivity index (χ1) is 30.6. The van der Waals surface area contributed by atoms with E-state index in [1.165, 1.54) is 30.8 Å². The van der Waals surface area contributed by atoms with Crippen molar-refractivity contribution in [2.24, 2.45) is 0 Å². The summed E-state index contributed by atoms with van der Waals surface area (Å²) < 4.78 is 4.79. The molecule has 0 fully saturated rings. The van der Waals surface area contributed by atoms with Crippen LogP contribution in [0.25, 0.3) is 83.2 Å². The summed E-state index contributed by atoms with van der Waals surface area (Å²) in [6.07, 6.45) is 0. The monoisotopic (exact) mass is 1300 g/mol. The van der Waals surface area contributed by atoms with Crippen molar-refractivity contribution in [3.63, 3.8) is 0 Å². The third-order valence-corrected chi connectivity index (χ3v) is 14.5. The molecule has 0 atom stereocenters. The average molecular weight is 1300 g/mol. The summed E-state index contributed by atoms with van der Waals surface area (Å²) in [7, 11) is 0. The predicted molar refractivity (Wildman–Crippen MR) is 270 cm³/mol. The minimum atomic E-state index is 0. The summed E-state index contributed by atoms with van der Waals surface area (Å²) in [5, 5.41) is 5.32. The van der Waals surface area contributed by atoms with Crippen LogP contribution in [0, 0.1) is 0 Å². The van der Waals surface area contributed by atoms with Gasteiger partial charge in [-0.1, -0.05) is 181 Å². The van der Waals surface area contributed by atoms with Crippen molar-refractivity contribution in [1.29, 1.82) is 0 Å². The van der Waals surface area contributed by atoms with Crippen LogP contribution in [-0.4, -0.2) is 19.9 Å². The van der Waals surface area contributed by atoms with Crippen LogP contribution in [0.15, 0.2) is 206 Å². The fourth-order valence-electron chi connectivity index (χ4n) is 6.37. The third-order valence-electron chi connectivity index (χ3n) is 9.42. The summed E-state index contributed by atoms with van der Waals surface area (Å²) in [6.45, 7) is 0. The van der Waals surface area contributed by atoms with Gasteiger partial charge in [0, 0.05) is 62.5 Å². The number of para-hydroxylation sites is 3. The van der Waals surface area contributed by atoms with E-state index in [0.717, 1.165) is 52.4 Å². The van der Waals surface area contributed by atoms with Crippen LogP contribution < -0.4 is 0 Å². The number of fused-ring (bicyclic) bond motifs is 4. The Morgan fingerprint density at radius 1 is 0.281 bits per heavy atom. The van der Waals surface area contributed by atoms with Crippen LogP contribution in [0.3, 0.4) is 0 Å². The molecule has 0 N–H and O–H groups in total. The van der Waals surface area contributed by atoms with Gasteiger partial charge >= 0.3 is 0 Å². The van der Waals surface area contributed by atoms with Gasteiger partial charge in [0.2, 0.25) is 0 Å². The number of halogens is 2. The van der Waals surface area contributed by atoms with Crippen LogP contribution in [0.4, 0.5) is 0 Å². The molecule has 0 aliphatic carbocycles. The molecular formula is C52H34Cl2Ir2N4S4. The molecule has 318 valence electrons. The standard InChI is InChI=1S/C13H7Cl2NS.3C13H9NS.2Ir/c14-9-6-7-10-12(11(9)15)16-13(17-10)8-4-2-1-3-5-8;3*1-2-6-10(7-3-1)13-14-11-8-4-5-9-12(11)15-13;;/h1-7H;3*1-9H;;. The van der Waals surface area contributed by atoms with E-state index in [-0.39, 0.29) is 40.2 Å². The Labute approximate surface area is 424 Å². The van der Waals surface area contributed by atoms with Gasteiger partial charge in [-0.2, -0.15) is 0 Å². The number of aromatic nitrogens is 4. The van der Waals surface area contributed by atoms with Crippen molar-refractivity contribution < 1.29 is 40.2 Å². The Morgan fingerprint density at radius 2 is 0.562 bits per heavy atom. The summed E-state index contributed by atoms with van der Waals surface area (Å²) in [5.74, 6) is 0. The summed E-state index contributed by atoms with van der Waals surface area (Å²) >= 11 is 19.0. The second-order valence-electron chi connectivity index (χ2n) is 13.7. The van der Waals surface area contributed by atoms with Gasteiger partial charge in [-0.05, 0) is 48.5 Å². The molecule has 12 rings (SSSR count). The van der Waals surface area contributed by atoms with Gasteiger partial charge in [-0.15, -0.1) is 45.3 Å². The minimum absolute atomic E-state index is 0. The topological polar surface area (TPSA) is 51.6 Å². The fraction of sp³-hybridized carbons (Fsp3) is 0. The first-order valence-electron chi connectivity index (χ1n) is 19.6. The largest absolute Gasteiger partial charge is 0.236 e. The number of benzene rings is 8. The maximum atomic E-state index is 6.14. The molecule has 64 heavy (non-hydrogen) atoms. The van der Waals surface area contributed by atoms with Gasteiger partial charge in [0.05, 0.1) is 45.4 Å². The molecule has 4 aromatic heterocycles. The molecule has 4 heterocycles. The Bertz CT molecular complexity index is 2980. The molecule has 12 aromatic rings. The fourth-order valence-corrected chi connectivity index (χ4v) is 10.7. The first-order valence-corrected chi connectivity index (χ1v) is 23.6. The quantitative estimate of drug-likeness (QED) is 0.176. The molecule has 2 radical (unpaired) electrons. The van der Waals surface area contributed by atoms with Crippen LogP contribution in [0.1, 0.15) is 0 Å². The molecule has 0 saturated carbocycles. The second-order valence-corrected chi connectivity index (χ2v) is 18.6. The second kappa shape index (κ2) is 22.9. The Balaban J connectivity index is 0.000000126. The summed E-state index contributed by atoms with van der Waals surface area (Å²) in [4.78, 5) is 18.3. The molecule has 4 nitrogen and oxygen atoms in total. The maximum absolute atomic E-state index is 6.14. The number of hydrogen-bond acceptors (Lipinski definition) is 8. The van der Waals surface area contributed by atoms with E-state index in [0.29, 0.717) is 10.0 Å². The zero-order chi connectivity index (χ0) is 42.1. The van der Waals surface area contributed by atoms with Crippen molar-refractivity contribution in [2.45, 2.75) is 0 Å². The third kappa shape index (κ3) is 11.5.